The molecule has 1 aliphatic heterocycles. The Morgan fingerprint density at radius 3 is 2.93 bits per heavy atom. The van der Waals surface area contributed by atoms with E-state index in [0.29, 0.717) is 13.2 Å². The maximum Gasteiger partial charge on any atom is 0.178 e. The summed E-state index contributed by atoms with van der Waals surface area (Å²) in [5.74, 6) is -0.990. The second-order valence-electron chi connectivity index (χ2n) is 3.40. The predicted octanol–water partition coefficient (Wildman–Crippen LogP) is 1.95. The summed E-state index contributed by atoms with van der Waals surface area (Å²) in [5.41, 5.74) is 0.771. The maximum absolute atomic E-state index is 13.1. The van der Waals surface area contributed by atoms with Crippen molar-refractivity contribution in [2.24, 2.45) is 0 Å². The zero-order valence-corrected chi connectivity index (χ0v) is 9.55. The molecule has 82 valence electrons. The summed E-state index contributed by atoms with van der Waals surface area (Å²) in [6, 6.07) is 3.03. The molecule has 1 saturated heterocycles. The van der Waals surface area contributed by atoms with Gasteiger partial charge in [0.25, 0.3) is 0 Å². The predicted molar refractivity (Wildman–Crippen MR) is 57.3 cm³/mol. The third-order valence-electron chi connectivity index (χ3n) is 2.33. The molecule has 15 heavy (non-hydrogen) atoms. The minimum atomic E-state index is -0.637. The highest BCUT2D eigenvalue weighted by Crippen LogP contribution is 2.30. The molecule has 2 rings (SSSR count). The Morgan fingerprint density at radius 1 is 1.53 bits per heavy atom. The summed E-state index contributed by atoms with van der Waals surface area (Å²) in [6.45, 7) is 2.13. The molecule has 3 nitrogen and oxygen atoms in total. The van der Waals surface area contributed by atoms with Crippen molar-refractivity contribution in [2.75, 3.05) is 19.7 Å². The van der Waals surface area contributed by atoms with Crippen LogP contribution in [-0.4, -0.2) is 24.8 Å². The van der Waals surface area contributed by atoms with E-state index in [0.717, 1.165) is 12.1 Å². The third kappa shape index (κ3) is 2.30. The van der Waals surface area contributed by atoms with Gasteiger partial charge in [0.1, 0.15) is 0 Å². The van der Waals surface area contributed by atoms with Crippen molar-refractivity contribution < 1.29 is 14.2 Å². The average Bonchev–Trinajstić information content (AvgIpc) is 2.26. The summed E-state index contributed by atoms with van der Waals surface area (Å²) in [5, 5.41) is 12.5. The number of aromatic hydroxyl groups is 1. The Kier molecular flexibility index (Phi) is 3.23. The smallest absolute Gasteiger partial charge is 0.178 e. The molecule has 5 heteroatoms. The summed E-state index contributed by atoms with van der Waals surface area (Å²) in [4.78, 5) is 0. The number of hydrogen-bond acceptors (Lipinski definition) is 3. The lowest BCUT2D eigenvalue weighted by atomic mass is 10.1. The zero-order chi connectivity index (χ0) is 10.8. The summed E-state index contributed by atoms with van der Waals surface area (Å²) in [7, 11) is 0. The summed E-state index contributed by atoms with van der Waals surface area (Å²) < 4.78 is 18.9. The van der Waals surface area contributed by atoms with Gasteiger partial charge in [0.2, 0.25) is 0 Å². The Morgan fingerprint density at radius 2 is 2.33 bits per heavy atom. The molecule has 1 aromatic rings. The third-order valence-corrected chi connectivity index (χ3v) is 2.91. The van der Waals surface area contributed by atoms with Crippen molar-refractivity contribution in [3.05, 3.63) is 28.0 Å². The topological polar surface area (TPSA) is 41.5 Å². The van der Waals surface area contributed by atoms with Gasteiger partial charge in [-0.1, -0.05) is 0 Å². The van der Waals surface area contributed by atoms with E-state index < -0.39 is 5.82 Å². The van der Waals surface area contributed by atoms with Gasteiger partial charge in [-0.2, -0.15) is 0 Å². The van der Waals surface area contributed by atoms with E-state index in [9.17, 15) is 9.50 Å². The summed E-state index contributed by atoms with van der Waals surface area (Å²) >= 11 is 3.05. The Balaban J connectivity index is 2.27. The lowest BCUT2D eigenvalue weighted by molar-refractivity contribution is 0.0275. The highest BCUT2D eigenvalue weighted by atomic mass is 79.9. The largest absolute Gasteiger partial charge is 0.505 e. The maximum atomic E-state index is 13.1. The average molecular weight is 276 g/mol. The van der Waals surface area contributed by atoms with Crippen LogP contribution in [0, 0.1) is 5.82 Å². The molecule has 1 aliphatic rings. The van der Waals surface area contributed by atoms with Crippen LogP contribution in [0.15, 0.2) is 16.6 Å². The highest BCUT2D eigenvalue weighted by molar-refractivity contribution is 9.10. The first kappa shape index (κ1) is 10.9. The lowest BCUT2D eigenvalue weighted by Crippen LogP contribution is -2.33. The van der Waals surface area contributed by atoms with Crippen LogP contribution in [0.5, 0.6) is 5.75 Å². The van der Waals surface area contributed by atoms with E-state index in [1.54, 1.807) is 6.07 Å². The van der Waals surface area contributed by atoms with Gasteiger partial charge in [0.15, 0.2) is 11.6 Å². The van der Waals surface area contributed by atoms with Crippen LogP contribution in [-0.2, 0) is 4.74 Å². The molecule has 0 bridgehead atoms. The van der Waals surface area contributed by atoms with Crippen LogP contribution < -0.4 is 5.32 Å². The molecule has 1 aromatic carbocycles. The monoisotopic (exact) mass is 275 g/mol. The Labute approximate surface area is 95.4 Å². The molecule has 1 heterocycles. The first-order valence-corrected chi connectivity index (χ1v) is 5.48. The number of ether oxygens (including phenoxy) is 1. The standard InChI is InChI=1S/C10H11BrFNO2/c11-7-3-6(4-8(14)10(7)12)9-5-13-1-2-15-9/h3-4,9,13-14H,1-2,5H2. The van der Waals surface area contributed by atoms with Gasteiger partial charge in [0, 0.05) is 13.1 Å². The fraction of sp³-hybridized carbons (Fsp3) is 0.400. The van der Waals surface area contributed by atoms with Gasteiger partial charge in [-0.3, -0.25) is 0 Å². The van der Waals surface area contributed by atoms with Crippen LogP contribution in [0.2, 0.25) is 0 Å². The van der Waals surface area contributed by atoms with Crippen LogP contribution in [0.3, 0.4) is 0 Å². The van der Waals surface area contributed by atoms with E-state index in [4.69, 9.17) is 4.74 Å². The van der Waals surface area contributed by atoms with E-state index in [2.05, 4.69) is 21.2 Å². The van der Waals surface area contributed by atoms with Crippen LogP contribution in [0.1, 0.15) is 11.7 Å². The molecule has 0 saturated carbocycles. The highest BCUT2D eigenvalue weighted by Gasteiger charge is 2.18. The summed E-state index contributed by atoms with van der Waals surface area (Å²) in [6.07, 6.45) is -0.124. The molecule has 1 fully saturated rings. The molecule has 0 radical (unpaired) electrons. The van der Waals surface area contributed by atoms with Gasteiger partial charge in [-0.05, 0) is 33.6 Å². The minimum absolute atomic E-state index is 0.124. The van der Waals surface area contributed by atoms with Gasteiger partial charge in [-0.25, -0.2) is 4.39 Å². The number of phenols is 1. The number of nitrogens with one attached hydrogen (secondary N) is 1. The van der Waals surface area contributed by atoms with E-state index >= 15 is 0 Å². The first-order chi connectivity index (χ1) is 7.18. The second-order valence-corrected chi connectivity index (χ2v) is 4.25. The van der Waals surface area contributed by atoms with E-state index in [1.807, 2.05) is 0 Å². The first-order valence-electron chi connectivity index (χ1n) is 4.68. The van der Waals surface area contributed by atoms with Crippen molar-refractivity contribution in [3.63, 3.8) is 0 Å². The van der Waals surface area contributed by atoms with E-state index in [1.165, 1.54) is 6.07 Å². The van der Waals surface area contributed by atoms with Crippen molar-refractivity contribution in [3.8, 4) is 5.75 Å². The lowest BCUT2D eigenvalue weighted by Gasteiger charge is -2.24. The van der Waals surface area contributed by atoms with Crippen molar-refractivity contribution >= 4 is 15.9 Å². The van der Waals surface area contributed by atoms with Crippen molar-refractivity contribution in [2.45, 2.75) is 6.10 Å². The molecule has 0 aromatic heterocycles. The molecule has 0 aliphatic carbocycles. The number of morpholine rings is 1. The fourth-order valence-corrected chi connectivity index (χ4v) is 2.03. The molecule has 1 unspecified atom stereocenters. The number of phenolic OH excluding ortho intramolecular Hbond substituents is 1. The van der Waals surface area contributed by atoms with Gasteiger partial charge >= 0.3 is 0 Å². The van der Waals surface area contributed by atoms with Crippen LogP contribution in [0.4, 0.5) is 4.39 Å². The Hall–Kier alpha value is -0.650. The SMILES string of the molecule is Oc1cc(C2CNCCO2)cc(Br)c1F. The van der Waals surface area contributed by atoms with Crippen molar-refractivity contribution in [1.29, 1.82) is 0 Å². The number of rotatable bonds is 1. The number of benzene rings is 1. The zero-order valence-electron chi connectivity index (χ0n) is 7.96. The molecular weight excluding hydrogens is 265 g/mol. The van der Waals surface area contributed by atoms with Gasteiger partial charge in [-0.15, -0.1) is 0 Å². The Bertz CT molecular complexity index is 343. The van der Waals surface area contributed by atoms with Gasteiger partial charge < -0.3 is 15.2 Å². The van der Waals surface area contributed by atoms with E-state index in [-0.39, 0.29) is 16.3 Å². The second kappa shape index (κ2) is 4.47. The quantitative estimate of drug-likeness (QED) is 0.823. The number of hydrogen-bond donors (Lipinski definition) is 2. The molecule has 1 atom stereocenters. The van der Waals surface area contributed by atoms with Crippen LogP contribution >= 0.6 is 15.9 Å². The molecule has 0 spiro atoms. The van der Waals surface area contributed by atoms with Gasteiger partial charge in [0.05, 0.1) is 17.2 Å². The minimum Gasteiger partial charge on any atom is -0.505 e. The fourth-order valence-electron chi connectivity index (χ4n) is 1.56. The van der Waals surface area contributed by atoms with Crippen molar-refractivity contribution in [1.82, 2.24) is 5.32 Å². The molecular formula is C10H11BrFNO2. The molecule has 2 N–H and O–H groups in total. The van der Waals surface area contributed by atoms with Crippen LogP contribution in [0.25, 0.3) is 0 Å². The molecule has 0 amide bonds. The number of halogens is 2. The normalized spacial score (nSPS) is 21.6.